The number of thiophene rings is 1. The monoisotopic (exact) mass is 542 g/mol. The maximum absolute atomic E-state index is 13.7. The second-order valence-electron chi connectivity index (χ2n) is 9.94. The fourth-order valence-corrected chi connectivity index (χ4v) is 6.60. The molecule has 10 heteroatoms. The first-order valence-corrected chi connectivity index (χ1v) is 14.4. The van der Waals surface area contributed by atoms with Gasteiger partial charge in [-0.25, -0.2) is 9.79 Å². The van der Waals surface area contributed by atoms with Crippen LogP contribution in [0.3, 0.4) is 0 Å². The molecule has 1 saturated carbocycles. The number of esters is 1. The number of amides is 2. The number of nitrogens with zero attached hydrogens (tertiary/aromatic N) is 2. The lowest BCUT2D eigenvalue weighted by Crippen LogP contribution is -2.42. The van der Waals surface area contributed by atoms with E-state index in [9.17, 15) is 14.4 Å². The molecule has 2 aromatic rings. The second-order valence-corrected chi connectivity index (χ2v) is 12.0. The van der Waals surface area contributed by atoms with Crippen LogP contribution in [0.4, 0.5) is 11.4 Å². The number of ether oxygens (including phenoxy) is 1. The summed E-state index contributed by atoms with van der Waals surface area (Å²) < 4.78 is 5.08. The van der Waals surface area contributed by atoms with Gasteiger partial charge in [-0.1, -0.05) is 30.8 Å². The largest absolute Gasteiger partial charge is 0.465 e. The molecule has 37 heavy (non-hydrogen) atoms. The molecule has 1 aliphatic carbocycles. The Hall–Kier alpha value is -2.85. The summed E-state index contributed by atoms with van der Waals surface area (Å²) in [5.74, 6) is 0.562. The topological polar surface area (TPSA) is 114 Å². The molecule has 2 amide bonds. The predicted molar refractivity (Wildman–Crippen MR) is 151 cm³/mol. The van der Waals surface area contributed by atoms with Crippen molar-refractivity contribution in [2.75, 3.05) is 23.1 Å². The minimum Gasteiger partial charge on any atom is -0.465 e. The molecule has 2 heterocycles. The number of aliphatic imine (C=N–C) groups is 1. The third-order valence-electron chi connectivity index (χ3n) is 6.87. The van der Waals surface area contributed by atoms with Crippen LogP contribution in [-0.4, -0.2) is 47.9 Å². The van der Waals surface area contributed by atoms with Gasteiger partial charge in [-0.2, -0.15) is 0 Å². The van der Waals surface area contributed by atoms with Gasteiger partial charge in [0.2, 0.25) is 11.8 Å². The molecule has 1 atom stereocenters. The molecule has 0 saturated heterocycles. The molecule has 0 radical (unpaired) electrons. The van der Waals surface area contributed by atoms with Gasteiger partial charge in [-0.15, -0.1) is 11.3 Å². The van der Waals surface area contributed by atoms with Crippen molar-refractivity contribution in [3.8, 4) is 10.4 Å². The van der Waals surface area contributed by atoms with Crippen LogP contribution in [0.1, 0.15) is 56.1 Å². The third-order valence-corrected chi connectivity index (χ3v) is 8.91. The molecule has 0 bridgehead atoms. The second kappa shape index (κ2) is 11.7. The molecule has 1 aromatic carbocycles. The molecule has 1 aliphatic heterocycles. The highest BCUT2D eigenvalue weighted by atomic mass is 32.2. The van der Waals surface area contributed by atoms with Crippen LogP contribution in [0.5, 0.6) is 0 Å². The van der Waals surface area contributed by atoms with E-state index in [0.29, 0.717) is 33.1 Å². The molecule has 198 valence electrons. The Morgan fingerprint density at radius 2 is 1.81 bits per heavy atom. The highest BCUT2D eigenvalue weighted by Gasteiger charge is 2.33. The summed E-state index contributed by atoms with van der Waals surface area (Å²) in [6.45, 7) is 6.18. The number of nitrogens with two attached hydrogens (primary N) is 1. The number of nitrogens with one attached hydrogen (secondary N) is 1. The summed E-state index contributed by atoms with van der Waals surface area (Å²) in [7, 11) is 1.35. The van der Waals surface area contributed by atoms with E-state index in [-0.39, 0.29) is 23.8 Å². The number of hydrogen-bond donors (Lipinski definition) is 2. The zero-order chi connectivity index (χ0) is 26.7. The van der Waals surface area contributed by atoms with Gasteiger partial charge in [0.05, 0.1) is 12.8 Å². The zero-order valence-corrected chi connectivity index (χ0v) is 23.3. The van der Waals surface area contributed by atoms with Crippen LogP contribution in [0.25, 0.3) is 10.4 Å². The number of benzene rings is 1. The van der Waals surface area contributed by atoms with Crippen molar-refractivity contribution in [1.29, 1.82) is 0 Å². The molecule has 0 spiro atoms. The fraction of sp³-hybridized carbons (Fsp3) is 0.481. The zero-order valence-electron chi connectivity index (χ0n) is 21.7. The number of amidine groups is 1. The number of thioether (sulfide) groups is 1. The van der Waals surface area contributed by atoms with Crippen molar-refractivity contribution in [2.24, 2.45) is 22.6 Å². The van der Waals surface area contributed by atoms with Crippen molar-refractivity contribution in [3.63, 3.8) is 0 Å². The fourth-order valence-electron chi connectivity index (χ4n) is 4.77. The maximum Gasteiger partial charge on any atom is 0.350 e. The summed E-state index contributed by atoms with van der Waals surface area (Å²) >= 11 is 2.68. The van der Waals surface area contributed by atoms with E-state index in [4.69, 9.17) is 10.5 Å². The molecule has 1 aromatic heterocycles. The van der Waals surface area contributed by atoms with Crippen LogP contribution in [-0.2, 0) is 14.3 Å². The van der Waals surface area contributed by atoms with Gasteiger partial charge in [0.1, 0.15) is 10.9 Å². The lowest BCUT2D eigenvalue weighted by atomic mass is 9.82. The van der Waals surface area contributed by atoms with E-state index >= 15 is 0 Å². The van der Waals surface area contributed by atoms with Crippen LogP contribution in [0.2, 0.25) is 0 Å². The summed E-state index contributed by atoms with van der Waals surface area (Å²) in [4.78, 5) is 46.0. The van der Waals surface area contributed by atoms with Gasteiger partial charge >= 0.3 is 5.97 Å². The van der Waals surface area contributed by atoms with Crippen molar-refractivity contribution in [1.82, 2.24) is 0 Å². The van der Waals surface area contributed by atoms with Crippen molar-refractivity contribution >= 4 is 57.4 Å². The van der Waals surface area contributed by atoms with E-state index in [1.54, 1.807) is 4.90 Å². The van der Waals surface area contributed by atoms with Gasteiger partial charge in [0.25, 0.3) is 0 Å². The molecule has 1 fully saturated rings. The molecule has 8 nitrogen and oxygen atoms in total. The van der Waals surface area contributed by atoms with Crippen LogP contribution in [0, 0.1) is 11.8 Å². The number of rotatable bonds is 7. The van der Waals surface area contributed by atoms with Crippen molar-refractivity contribution < 1.29 is 19.1 Å². The minimum atomic E-state index is -0.487. The molecule has 4 rings (SSSR count). The summed E-state index contributed by atoms with van der Waals surface area (Å²) in [5, 5.41) is 3.30. The Morgan fingerprint density at radius 3 is 2.38 bits per heavy atom. The Bertz CT molecular complexity index is 1180. The van der Waals surface area contributed by atoms with Crippen LogP contribution >= 0.6 is 23.1 Å². The van der Waals surface area contributed by atoms with Gasteiger partial charge in [-0.05, 0) is 69.2 Å². The van der Waals surface area contributed by atoms with E-state index in [1.165, 1.54) is 30.2 Å². The average Bonchev–Trinajstić information content (AvgIpc) is 3.51. The third kappa shape index (κ3) is 6.18. The van der Waals surface area contributed by atoms with Gasteiger partial charge in [0, 0.05) is 28.3 Å². The number of anilines is 2. The minimum absolute atomic E-state index is 0.0340. The van der Waals surface area contributed by atoms with Crippen LogP contribution in [0.15, 0.2) is 35.3 Å². The SMILES string of the molecule is COC(=O)c1sc(-c2ccc(NC(=O)C3CSC(N)=N3)cc2)cc1N(C(=O)C1CCC(C)CC1)C(C)C. The first kappa shape index (κ1) is 27.2. The van der Waals surface area contributed by atoms with E-state index in [0.717, 1.165) is 36.1 Å². The quantitative estimate of drug-likeness (QED) is 0.469. The van der Waals surface area contributed by atoms with E-state index in [2.05, 4.69) is 17.2 Å². The summed E-state index contributed by atoms with van der Waals surface area (Å²) in [6.07, 6.45) is 3.84. The Kier molecular flexibility index (Phi) is 8.59. The lowest BCUT2D eigenvalue weighted by Gasteiger charge is -2.33. The summed E-state index contributed by atoms with van der Waals surface area (Å²) in [6, 6.07) is 8.71. The van der Waals surface area contributed by atoms with Gasteiger partial charge in [0.15, 0.2) is 5.17 Å². The highest BCUT2D eigenvalue weighted by Crippen LogP contribution is 2.40. The van der Waals surface area contributed by atoms with Crippen LogP contribution < -0.4 is 16.0 Å². The Balaban J connectivity index is 1.59. The Labute approximate surface area is 226 Å². The molecule has 2 aliphatic rings. The first-order valence-electron chi connectivity index (χ1n) is 12.6. The molecule has 3 N–H and O–H groups in total. The van der Waals surface area contributed by atoms with Crippen molar-refractivity contribution in [2.45, 2.75) is 58.5 Å². The van der Waals surface area contributed by atoms with Crippen molar-refractivity contribution in [3.05, 3.63) is 35.2 Å². The molecule has 1 unspecified atom stereocenters. The summed E-state index contributed by atoms with van der Waals surface area (Å²) in [5.41, 5.74) is 7.79. The maximum atomic E-state index is 13.7. The Morgan fingerprint density at radius 1 is 1.14 bits per heavy atom. The number of methoxy groups -OCH3 is 1. The molecular formula is C27H34N4O4S2. The highest BCUT2D eigenvalue weighted by molar-refractivity contribution is 8.14. The predicted octanol–water partition coefficient (Wildman–Crippen LogP) is 5.14. The number of carbonyl (C=O) groups is 3. The van der Waals surface area contributed by atoms with E-state index in [1.807, 2.05) is 44.2 Å². The first-order chi connectivity index (χ1) is 17.7. The number of carbonyl (C=O) groups excluding carboxylic acids is 3. The van der Waals surface area contributed by atoms with E-state index < -0.39 is 12.0 Å². The lowest BCUT2D eigenvalue weighted by molar-refractivity contribution is -0.124. The van der Waals surface area contributed by atoms with Gasteiger partial charge < -0.3 is 20.7 Å². The van der Waals surface area contributed by atoms with Gasteiger partial charge in [-0.3, -0.25) is 9.59 Å². The number of hydrogen-bond acceptors (Lipinski definition) is 8. The smallest absolute Gasteiger partial charge is 0.350 e. The average molecular weight is 543 g/mol. The standard InChI is InChI=1S/C27H34N4O4S2/c1-15(2)31(25(33)18-7-5-16(3)6-8-18)21-13-22(37-23(21)26(34)35-4)17-9-11-19(12-10-17)29-24(32)20-14-36-27(28)30-20/h9-13,15-16,18,20H,5-8,14H2,1-4H3,(H2,28,30)(H,29,32). The normalized spacial score (nSPS) is 21.4. The molecular weight excluding hydrogens is 508 g/mol.